The monoisotopic (exact) mass is 534 g/mol. The fourth-order valence-electron chi connectivity index (χ4n) is 4.01. The summed E-state index contributed by atoms with van der Waals surface area (Å²) in [4.78, 5) is 3.80. The van der Waals surface area contributed by atoms with Gasteiger partial charge in [0.2, 0.25) is 11.5 Å². The van der Waals surface area contributed by atoms with Crippen LogP contribution in [0.3, 0.4) is 0 Å². The van der Waals surface area contributed by atoms with Gasteiger partial charge in [-0.05, 0) is 49.4 Å². The largest absolute Gasteiger partial charge is 0.474 e. The molecule has 4 rings (SSSR count). The van der Waals surface area contributed by atoms with Crippen LogP contribution in [0.2, 0.25) is 0 Å². The van der Waals surface area contributed by atoms with Gasteiger partial charge in [0.05, 0.1) is 5.69 Å². The number of alkyl halides is 6. The SMILES string of the molecule is Nc1cc(C(F)(F)F)c2nc1-c1nnc(o1)C(O)(C(F)(F)F)CCCCCC(Cc1ccc(F)cc1)O2. The molecule has 0 amide bonds. The van der Waals surface area contributed by atoms with Crippen molar-refractivity contribution in [1.29, 1.82) is 0 Å². The molecule has 2 atom stereocenters. The first kappa shape index (κ1) is 26.6. The topological polar surface area (TPSA) is 107 Å². The van der Waals surface area contributed by atoms with E-state index in [0.29, 0.717) is 11.6 Å². The molecule has 1 aromatic carbocycles. The van der Waals surface area contributed by atoms with Crippen molar-refractivity contribution >= 4 is 5.69 Å². The number of nitrogen functional groups attached to an aromatic ring is 1. The molecule has 2 aromatic heterocycles. The molecule has 1 aliphatic heterocycles. The third kappa shape index (κ3) is 5.63. The second kappa shape index (κ2) is 9.80. The van der Waals surface area contributed by atoms with Crippen molar-refractivity contribution < 1.29 is 45.0 Å². The molecule has 200 valence electrons. The van der Waals surface area contributed by atoms with E-state index in [2.05, 4.69) is 15.2 Å². The minimum atomic E-state index is -5.17. The highest BCUT2D eigenvalue weighted by atomic mass is 19.4. The Labute approximate surface area is 205 Å². The Morgan fingerprint density at radius 3 is 2.38 bits per heavy atom. The van der Waals surface area contributed by atoms with E-state index in [0.717, 1.165) is 0 Å². The Hall–Kier alpha value is -3.42. The number of rotatable bonds is 2. The summed E-state index contributed by atoms with van der Waals surface area (Å²) in [6.45, 7) is 0. The summed E-state index contributed by atoms with van der Waals surface area (Å²) < 4.78 is 107. The van der Waals surface area contributed by atoms with Crippen LogP contribution < -0.4 is 10.5 Å². The van der Waals surface area contributed by atoms with Gasteiger partial charge in [-0.25, -0.2) is 9.37 Å². The first-order valence-corrected chi connectivity index (χ1v) is 11.2. The highest BCUT2D eigenvalue weighted by Crippen LogP contribution is 2.44. The Morgan fingerprint density at radius 2 is 1.73 bits per heavy atom. The summed E-state index contributed by atoms with van der Waals surface area (Å²) in [7, 11) is 0. The summed E-state index contributed by atoms with van der Waals surface area (Å²) in [6, 6.07) is 5.77. The number of aromatic nitrogens is 3. The average molecular weight is 534 g/mol. The van der Waals surface area contributed by atoms with Crippen LogP contribution in [0.4, 0.5) is 36.4 Å². The van der Waals surface area contributed by atoms with E-state index in [1.807, 2.05) is 0 Å². The number of nitrogens with zero attached hydrogens (tertiary/aromatic N) is 3. The molecule has 3 N–H and O–H groups in total. The van der Waals surface area contributed by atoms with Crippen molar-refractivity contribution in [1.82, 2.24) is 15.2 Å². The van der Waals surface area contributed by atoms with Gasteiger partial charge >= 0.3 is 12.4 Å². The summed E-state index contributed by atoms with van der Waals surface area (Å²) >= 11 is 0. The van der Waals surface area contributed by atoms with Crippen molar-refractivity contribution in [2.45, 2.75) is 62.6 Å². The van der Waals surface area contributed by atoms with E-state index >= 15 is 0 Å². The van der Waals surface area contributed by atoms with Crippen molar-refractivity contribution in [3.05, 3.63) is 53.2 Å². The van der Waals surface area contributed by atoms with E-state index in [4.69, 9.17) is 14.9 Å². The van der Waals surface area contributed by atoms with E-state index in [-0.39, 0.29) is 32.1 Å². The van der Waals surface area contributed by atoms with Gasteiger partial charge in [-0.2, -0.15) is 26.3 Å². The maximum Gasteiger partial charge on any atom is 0.426 e. The molecule has 7 nitrogen and oxygen atoms in total. The third-order valence-corrected chi connectivity index (χ3v) is 5.99. The van der Waals surface area contributed by atoms with Gasteiger partial charge in [-0.1, -0.05) is 18.6 Å². The molecule has 37 heavy (non-hydrogen) atoms. The Kier molecular flexibility index (Phi) is 7.06. The number of nitrogens with two attached hydrogens (primary N) is 1. The summed E-state index contributed by atoms with van der Waals surface area (Å²) in [5.74, 6) is -3.28. The van der Waals surface area contributed by atoms with Crippen molar-refractivity contribution in [3.8, 4) is 17.5 Å². The minimum Gasteiger partial charge on any atom is -0.474 e. The zero-order chi connectivity index (χ0) is 27.0. The molecule has 1 aliphatic rings. The highest BCUT2D eigenvalue weighted by molar-refractivity contribution is 5.68. The molecule has 0 aliphatic carbocycles. The second-order valence-corrected chi connectivity index (χ2v) is 8.72. The minimum absolute atomic E-state index is 0.0656. The third-order valence-electron chi connectivity index (χ3n) is 5.99. The standard InChI is InChI=1S/C23H21F7N4O3/c24-13-7-5-12(6-8-13)10-14-4-2-1-3-9-21(35,23(28,29)30)20-34-33-19(37-20)17-16(31)11-15(22(25,26)27)18(32-17)36-14/h5-8,11,14,35H,1-4,9-10,31H2. The summed E-state index contributed by atoms with van der Waals surface area (Å²) in [6.07, 6.45) is -11.3. The molecule has 3 aromatic rings. The maximum atomic E-state index is 13.8. The molecular weight excluding hydrogens is 513 g/mol. The van der Waals surface area contributed by atoms with Crippen LogP contribution in [-0.2, 0) is 18.2 Å². The van der Waals surface area contributed by atoms with Gasteiger partial charge in [-0.15, -0.1) is 10.2 Å². The van der Waals surface area contributed by atoms with Crippen molar-refractivity contribution in [2.24, 2.45) is 0 Å². The molecule has 0 fully saturated rings. The fraction of sp³-hybridized carbons (Fsp3) is 0.435. The fourth-order valence-corrected chi connectivity index (χ4v) is 4.01. The molecule has 0 spiro atoms. The van der Waals surface area contributed by atoms with Gasteiger partial charge in [0.25, 0.3) is 11.8 Å². The number of ether oxygens (including phenoxy) is 1. The first-order valence-electron chi connectivity index (χ1n) is 11.2. The Balaban J connectivity index is 1.81. The second-order valence-electron chi connectivity index (χ2n) is 8.72. The number of hydrogen-bond acceptors (Lipinski definition) is 7. The zero-order valence-electron chi connectivity index (χ0n) is 19.0. The Morgan fingerprint density at radius 1 is 1.03 bits per heavy atom. The smallest absolute Gasteiger partial charge is 0.426 e. The molecule has 0 radical (unpaired) electrons. The normalized spacial score (nSPS) is 21.2. The first-order chi connectivity index (χ1) is 17.3. The van der Waals surface area contributed by atoms with Gasteiger partial charge < -0.3 is 20.0 Å². The summed E-state index contributed by atoms with van der Waals surface area (Å²) in [5, 5.41) is 17.2. The number of halogens is 7. The van der Waals surface area contributed by atoms with Crippen LogP contribution in [0.25, 0.3) is 11.6 Å². The van der Waals surface area contributed by atoms with Gasteiger partial charge in [0.1, 0.15) is 17.5 Å². The zero-order valence-corrected chi connectivity index (χ0v) is 19.0. The van der Waals surface area contributed by atoms with E-state index in [9.17, 15) is 35.8 Å². The van der Waals surface area contributed by atoms with E-state index in [1.165, 1.54) is 24.3 Å². The van der Waals surface area contributed by atoms with Crippen LogP contribution in [0, 0.1) is 5.82 Å². The molecule has 3 heterocycles. The molecule has 0 saturated heterocycles. The lowest BCUT2D eigenvalue weighted by molar-refractivity contribution is -0.277. The number of anilines is 1. The van der Waals surface area contributed by atoms with E-state index in [1.54, 1.807) is 0 Å². The van der Waals surface area contributed by atoms with Crippen LogP contribution in [0.5, 0.6) is 5.88 Å². The Bertz CT molecular complexity index is 1240. The number of benzene rings is 1. The van der Waals surface area contributed by atoms with Crippen LogP contribution in [-0.4, -0.2) is 32.6 Å². The molecule has 2 unspecified atom stereocenters. The van der Waals surface area contributed by atoms with Crippen LogP contribution in [0.1, 0.15) is 49.1 Å². The van der Waals surface area contributed by atoms with E-state index < -0.39 is 70.9 Å². The lowest BCUT2D eigenvalue weighted by Crippen LogP contribution is -2.42. The molecular formula is C23H21F7N4O3. The quantitative estimate of drug-likeness (QED) is 0.414. The molecule has 4 bridgehead atoms. The maximum absolute atomic E-state index is 13.8. The highest BCUT2D eigenvalue weighted by Gasteiger charge is 2.58. The van der Waals surface area contributed by atoms with Gasteiger partial charge in [0.15, 0.2) is 5.69 Å². The number of hydrogen-bond donors (Lipinski definition) is 2. The molecule has 0 saturated carbocycles. The van der Waals surface area contributed by atoms with Crippen LogP contribution in [0.15, 0.2) is 34.7 Å². The van der Waals surface area contributed by atoms with Crippen molar-refractivity contribution in [2.75, 3.05) is 5.73 Å². The number of fused-ring (bicyclic) bond motifs is 5. The van der Waals surface area contributed by atoms with Crippen molar-refractivity contribution in [3.63, 3.8) is 0 Å². The molecule has 14 heteroatoms. The number of pyridine rings is 1. The lowest BCUT2D eigenvalue weighted by atomic mass is 9.94. The van der Waals surface area contributed by atoms with Gasteiger partial charge in [-0.3, -0.25) is 0 Å². The van der Waals surface area contributed by atoms with Gasteiger partial charge in [0, 0.05) is 6.42 Å². The predicted octanol–water partition coefficient (Wildman–Crippen LogP) is 5.58. The lowest BCUT2D eigenvalue weighted by Gasteiger charge is -2.27. The average Bonchev–Trinajstić information content (AvgIpc) is 3.29. The summed E-state index contributed by atoms with van der Waals surface area (Å²) in [5.41, 5.74) is 0.361. The number of aliphatic hydroxyl groups is 1. The van der Waals surface area contributed by atoms with Crippen LogP contribution >= 0.6 is 0 Å². The predicted molar refractivity (Wildman–Crippen MR) is 115 cm³/mol.